The van der Waals surface area contributed by atoms with Crippen LogP contribution in [-0.2, 0) is 30.7 Å². The Kier molecular flexibility index (Phi) is 9.16. The van der Waals surface area contributed by atoms with E-state index in [0.717, 1.165) is 37.8 Å². The number of benzene rings is 1. The number of carbonyl (C=O) groups is 1. The Morgan fingerprint density at radius 3 is 2.56 bits per heavy atom. The number of carboxylic acids is 1. The molecule has 1 fully saturated rings. The van der Waals surface area contributed by atoms with Crippen LogP contribution in [0.1, 0.15) is 64.4 Å². The molecule has 4 N–H and O–H groups in total. The first kappa shape index (κ1) is 28.5. The van der Waals surface area contributed by atoms with Gasteiger partial charge in [-0.15, -0.1) is 0 Å². The number of sulfonamides is 1. The molecule has 1 aliphatic heterocycles. The second-order valence-corrected chi connectivity index (χ2v) is 11.3. The molecule has 9 nitrogen and oxygen atoms in total. The molecule has 1 aromatic rings. The minimum absolute atomic E-state index is 0.000892. The number of unbranched alkanes of at least 4 members (excludes halogenated alkanes) is 3. The normalized spacial score (nSPS) is 28.3. The predicted molar refractivity (Wildman–Crippen MR) is 131 cm³/mol. The summed E-state index contributed by atoms with van der Waals surface area (Å²) in [4.78, 5) is 12.1. The number of aliphatic hydroxyl groups excluding tert-OH is 2. The van der Waals surface area contributed by atoms with Crippen LogP contribution in [0.15, 0.2) is 29.8 Å². The fourth-order valence-electron chi connectivity index (χ4n) is 4.95. The van der Waals surface area contributed by atoms with Crippen molar-refractivity contribution < 1.29 is 42.4 Å². The monoisotopic (exact) mass is 529 g/mol. The second kappa shape index (κ2) is 11.6. The largest absolute Gasteiger partial charge is 0.478 e. The fraction of sp³-hybridized carbons (Fsp3) is 0.640. The average molecular weight is 530 g/mol. The molecule has 1 aromatic carbocycles. The molecule has 0 saturated carbocycles. The number of ether oxygens (including phenoxy) is 2. The molecule has 0 bridgehead atoms. The molecule has 0 aromatic heterocycles. The van der Waals surface area contributed by atoms with E-state index in [-0.39, 0.29) is 18.5 Å². The molecule has 1 heterocycles. The second-order valence-electron chi connectivity index (χ2n) is 9.47. The van der Waals surface area contributed by atoms with Crippen LogP contribution < -0.4 is 4.72 Å². The lowest BCUT2D eigenvalue weighted by molar-refractivity contribution is -0.171. The molecule has 11 heteroatoms. The van der Waals surface area contributed by atoms with Crippen LogP contribution in [-0.4, -0.2) is 65.7 Å². The van der Waals surface area contributed by atoms with Crippen LogP contribution in [0.2, 0.25) is 0 Å². The summed E-state index contributed by atoms with van der Waals surface area (Å²) in [5, 5.41) is 28.1. The third kappa shape index (κ3) is 5.91. The predicted octanol–water partition coefficient (Wildman–Crippen LogP) is 3.11. The number of hydrogen-bond acceptors (Lipinski definition) is 7. The Labute approximate surface area is 211 Å². The third-order valence-corrected chi connectivity index (χ3v) is 8.80. The highest BCUT2D eigenvalue weighted by atomic mass is 32.2. The molecule has 0 amide bonds. The van der Waals surface area contributed by atoms with Crippen LogP contribution in [0, 0.1) is 5.82 Å². The van der Waals surface area contributed by atoms with Crippen molar-refractivity contribution in [1.29, 1.82) is 0 Å². The van der Waals surface area contributed by atoms with Gasteiger partial charge in [0.2, 0.25) is 10.0 Å². The molecule has 2 aliphatic rings. The van der Waals surface area contributed by atoms with E-state index in [1.165, 1.54) is 12.1 Å². The van der Waals surface area contributed by atoms with Gasteiger partial charge in [-0.05, 0) is 55.5 Å². The van der Waals surface area contributed by atoms with E-state index >= 15 is 0 Å². The van der Waals surface area contributed by atoms with Gasteiger partial charge in [0.05, 0.1) is 24.5 Å². The maximum absolute atomic E-state index is 13.9. The summed E-state index contributed by atoms with van der Waals surface area (Å²) in [6, 6.07) is 3.80. The first-order valence-corrected chi connectivity index (χ1v) is 14.0. The summed E-state index contributed by atoms with van der Waals surface area (Å²) in [5.74, 6) is -3.51. The number of aliphatic carboxylic acids is 1. The van der Waals surface area contributed by atoms with Crippen molar-refractivity contribution in [3.05, 3.63) is 41.2 Å². The highest BCUT2D eigenvalue weighted by Gasteiger charge is 2.57. The van der Waals surface area contributed by atoms with E-state index in [9.17, 15) is 32.9 Å². The van der Waals surface area contributed by atoms with E-state index in [0.29, 0.717) is 18.4 Å². The zero-order valence-corrected chi connectivity index (χ0v) is 21.5. The smallest absolute Gasteiger partial charge is 0.332 e. The molecular formula is C25H36FNO8S. The molecule has 202 valence electrons. The molecule has 2 unspecified atom stereocenters. The van der Waals surface area contributed by atoms with E-state index in [2.05, 4.69) is 11.6 Å². The maximum Gasteiger partial charge on any atom is 0.332 e. The van der Waals surface area contributed by atoms with Gasteiger partial charge in [-0.1, -0.05) is 33.1 Å². The molecule has 4 atom stereocenters. The molecule has 1 saturated heterocycles. The summed E-state index contributed by atoms with van der Waals surface area (Å²) < 4.78 is 55.0. The van der Waals surface area contributed by atoms with Gasteiger partial charge in [0.25, 0.3) is 0 Å². The van der Waals surface area contributed by atoms with Crippen molar-refractivity contribution in [3.8, 4) is 0 Å². The molecular weight excluding hydrogens is 493 g/mol. The third-order valence-electron chi connectivity index (χ3n) is 7.05. The summed E-state index contributed by atoms with van der Waals surface area (Å²) in [7, 11) is -4.24. The summed E-state index contributed by atoms with van der Waals surface area (Å²) in [6.45, 7) is 2.90. The Morgan fingerprint density at radius 1 is 1.22 bits per heavy atom. The number of hydrogen-bond donors (Lipinski definition) is 4. The summed E-state index contributed by atoms with van der Waals surface area (Å²) in [5.41, 5.74) is -0.940. The van der Waals surface area contributed by atoms with Gasteiger partial charge >= 0.3 is 5.97 Å². The van der Waals surface area contributed by atoms with Crippen molar-refractivity contribution in [3.63, 3.8) is 0 Å². The maximum atomic E-state index is 13.9. The minimum atomic E-state index is -4.24. The van der Waals surface area contributed by atoms with Crippen LogP contribution in [0.3, 0.4) is 0 Å². The number of nitrogens with one attached hydrogen (secondary N) is 1. The Hall–Kier alpha value is -2.05. The van der Waals surface area contributed by atoms with Crippen molar-refractivity contribution in [2.45, 2.75) is 88.0 Å². The van der Waals surface area contributed by atoms with E-state index in [4.69, 9.17) is 9.47 Å². The lowest BCUT2D eigenvalue weighted by Crippen LogP contribution is -2.46. The minimum Gasteiger partial charge on any atom is -0.478 e. The Balaban J connectivity index is 1.89. The topological polar surface area (TPSA) is 142 Å². The average Bonchev–Trinajstić information content (AvgIpc) is 3.16. The molecule has 3 rings (SSSR count). The van der Waals surface area contributed by atoms with Crippen LogP contribution in [0.25, 0.3) is 0 Å². The first-order chi connectivity index (χ1) is 17.0. The zero-order valence-electron chi connectivity index (χ0n) is 20.7. The standard InChI is InChI=1S/C25H36FNO8S/c1-3-5-6-7-8-17-13-18(26)9-10-20(17)27-36(32,33)21-11-12-25(14-19(21)23(30)31)34-22(15-28)24(4-2,16-29)35-25/h9-10,13-14,21-22,27-29H,3-8,11-12,15-16H2,1-2H3,(H,30,31)/t21?,22-,24-,25?/m1/s1. The van der Waals surface area contributed by atoms with Gasteiger partial charge in [-0.3, -0.25) is 4.72 Å². The summed E-state index contributed by atoms with van der Waals surface area (Å²) in [6.07, 6.45) is 4.61. The number of halogens is 1. The van der Waals surface area contributed by atoms with Gasteiger partial charge < -0.3 is 24.8 Å². The van der Waals surface area contributed by atoms with E-state index in [1.54, 1.807) is 6.92 Å². The number of carboxylic acid groups (broad SMARTS) is 1. The van der Waals surface area contributed by atoms with Crippen LogP contribution >= 0.6 is 0 Å². The molecule has 1 aliphatic carbocycles. The van der Waals surface area contributed by atoms with Crippen molar-refractivity contribution in [1.82, 2.24) is 0 Å². The number of rotatable bonds is 12. The van der Waals surface area contributed by atoms with Crippen molar-refractivity contribution in [2.24, 2.45) is 0 Å². The first-order valence-electron chi connectivity index (χ1n) is 12.4. The number of aryl methyl sites for hydroxylation is 1. The van der Waals surface area contributed by atoms with Gasteiger partial charge in [0.1, 0.15) is 22.8 Å². The van der Waals surface area contributed by atoms with E-state index < -0.39 is 63.3 Å². The SMILES string of the molecule is CCCCCCc1cc(F)ccc1NS(=O)(=O)C1CCC2(C=C1C(=O)O)O[C@H](CO)[C@@](CC)(CO)O2. The Morgan fingerprint density at radius 2 is 1.97 bits per heavy atom. The van der Waals surface area contributed by atoms with Gasteiger partial charge in [0.15, 0.2) is 5.79 Å². The van der Waals surface area contributed by atoms with E-state index in [1.807, 2.05) is 0 Å². The number of aliphatic hydroxyl groups is 2. The van der Waals surface area contributed by atoms with Crippen LogP contribution in [0.5, 0.6) is 0 Å². The van der Waals surface area contributed by atoms with Gasteiger partial charge in [-0.25, -0.2) is 17.6 Å². The molecule has 36 heavy (non-hydrogen) atoms. The van der Waals surface area contributed by atoms with Gasteiger partial charge in [-0.2, -0.15) is 0 Å². The van der Waals surface area contributed by atoms with Crippen molar-refractivity contribution >= 4 is 21.7 Å². The van der Waals surface area contributed by atoms with Crippen LogP contribution in [0.4, 0.5) is 10.1 Å². The summed E-state index contributed by atoms with van der Waals surface area (Å²) >= 11 is 0. The Bertz CT molecular complexity index is 1070. The van der Waals surface area contributed by atoms with Crippen molar-refractivity contribution in [2.75, 3.05) is 17.9 Å². The lowest BCUT2D eigenvalue weighted by Gasteiger charge is -2.34. The highest BCUT2D eigenvalue weighted by Crippen LogP contribution is 2.46. The zero-order chi connectivity index (χ0) is 26.6. The quantitative estimate of drug-likeness (QED) is 0.303. The van der Waals surface area contributed by atoms with Gasteiger partial charge in [0, 0.05) is 6.42 Å². The highest BCUT2D eigenvalue weighted by molar-refractivity contribution is 7.93. The molecule has 0 radical (unpaired) electrons. The lowest BCUT2D eigenvalue weighted by atomic mass is 9.93. The molecule has 1 spiro atoms. The number of anilines is 1. The fourth-order valence-corrected chi connectivity index (χ4v) is 6.53.